The monoisotopic (exact) mass is 543 g/mol. The number of carbonyl (C=O) groups is 2. The van der Waals surface area contributed by atoms with E-state index in [-0.39, 0.29) is 11.4 Å². The molecule has 1 saturated heterocycles. The SMILES string of the molecule is Cc1ccc(N2CCC3(CC2)Nc2cccnc2-n2c(C(=O)NC4CCC4)ccc23)nn1.O=C(O)C(F)(F)F. The Labute approximate surface area is 222 Å². The molecule has 3 aliphatic rings. The molecule has 10 nitrogen and oxygen atoms in total. The van der Waals surface area contributed by atoms with Crippen LogP contribution in [0.2, 0.25) is 0 Å². The fourth-order valence-corrected chi connectivity index (χ4v) is 5.08. The zero-order chi connectivity index (χ0) is 27.8. The van der Waals surface area contributed by atoms with Crippen molar-refractivity contribution in [1.82, 2.24) is 25.1 Å². The van der Waals surface area contributed by atoms with Crippen molar-refractivity contribution in [3.05, 3.63) is 59.7 Å². The number of pyridine rings is 1. The van der Waals surface area contributed by atoms with Crippen LogP contribution in [0, 0.1) is 6.92 Å². The highest BCUT2D eigenvalue weighted by Crippen LogP contribution is 2.44. The normalized spacial score (nSPS) is 17.6. The number of anilines is 2. The Morgan fingerprint density at radius 2 is 1.82 bits per heavy atom. The second-order valence-corrected chi connectivity index (χ2v) is 9.95. The number of aromatic nitrogens is 4. The highest BCUT2D eigenvalue weighted by atomic mass is 19.4. The average molecular weight is 544 g/mol. The maximum Gasteiger partial charge on any atom is 0.490 e. The fourth-order valence-electron chi connectivity index (χ4n) is 5.08. The van der Waals surface area contributed by atoms with Gasteiger partial charge in [-0.05, 0) is 75.4 Å². The maximum atomic E-state index is 13.1. The summed E-state index contributed by atoms with van der Waals surface area (Å²) in [4.78, 5) is 28.9. The van der Waals surface area contributed by atoms with E-state index in [1.54, 1.807) is 6.20 Å². The van der Waals surface area contributed by atoms with Crippen LogP contribution in [-0.4, -0.2) is 62.0 Å². The molecule has 13 heteroatoms. The largest absolute Gasteiger partial charge is 0.490 e. The van der Waals surface area contributed by atoms with Crippen molar-refractivity contribution in [2.45, 2.75) is 56.8 Å². The molecule has 1 amide bonds. The molecule has 1 spiro atoms. The predicted molar refractivity (Wildman–Crippen MR) is 136 cm³/mol. The van der Waals surface area contributed by atoms with Gasteiger partial charge in [-0.1, -0.05) is 0 Å². The number of nitrogens with one attached hydrogen (secondary N) is 2. The molecule has 0 aromatic carbocycles. The van der Waals surface area contributed by atoms with E-state index in [1.165, 1.54) is 6.42 Å². The molecule has 0 radical (unpaired) electrons. The molecule has 206 valence electrons. The summed E-state index contributed by atoms with van der Waals surface area (Å²) in [5.74, 6) is -1.06. The lowest BCUT2D eigenvalue weighted by molar-refractivity contribution is -0.192. The fraction of sp³-hybridized carbons (Fsp3) is 0.423. The summed E-state index contributed by atoms with van der Waals surface area (Å²) in [6.07, 6.45) is 1.81. The van der Waals surface area contributed by atoms with Crippen molar-refractivity contribution in [2.75, 3.05) is 23.3 Å². The first-order valence-electron chi connectivity index (χ1n) is 12.7. The van der Waals surface area contributed by atoms with Gasteiger partial charge in [0.1, 0.15) is 5.69 Å². The number of carboxylic acid groups (broad SMARTS) is 1. The average Bonchev–Trinajstić information content (AvgIpc) is 3.34. The number of carboxylic acids is 1. The van der Waals surface area contributed by atoms with Crippen molar-refractivity contribution >= 4 is 23.4 Å². The summed E-state index contributed by atoms with van der Waals surface area (Å²) < 4.78 is 33.8. The molecule has 0 unspecified atom stereocenters. The zero-order valence-corrected chi connectivity index (χ0v) is 21.2. The summed E-state index contributed by atoms with van der Waals surface area (Å²) in [5, 5.41) is 22.7. The van der Waals surface area contributed by atoms with E-state index in [0.29, 0.717) is 11.7 Å². The van der Waals surface area contributed by atoms with Gasteiger partial charge in [0.25, 0.3) is 5.91 Å². The molecule has 0 atom stereocenters. The smallest absolute Gasteiger partial charge is 0.475 e. The second kappa shape index (κ2) is 10.2. The molecule has 2 aliphatic heterocycles. The molecule has 3 aromatic rings. The first-order chi connectivity index (χ1) is 18.6. The number of piperidine rings is 1. The van der Waals surface area contributed by atoms with Crippen LogP contribution in [-0.2, 0) is 10.3 Å². The van der Waals surface area contributed by atoms with Crippen molar-refractivity contribution in [2.24, 2.45) is 0 Å². The zero-order valence-electron chi connectivity index (χ0n) is 21.2. The third-order valence-corrected chi connectivity index (χ3v) is 7.38. The highest BCUT2D eigenvalue weighted by Gasteiger charge is 2.44. The quantitative estimate of drug-likeness (QED) is 0.456. The Morgan fingerprint density at radius 3 is 2.41 bits per heavy atom. The number of rotatable bonds is 3. The molecular formula is C26H28F3N7O3. The van der Waals surface area contributed by atoms with E-state index in [9.17, 15) is 18.0 Å². The van der Waals surface area contributed by atoms with E-state index in [4.69, 9.17) is 9.90 Å². The van der Waals surface area contributed by atoms with E-state index in [2.05, 4.69) is 47.4 Å². The third-order valence-electron chi connectivity index (χ3n) is 7.38. The number of fused-ring (bicyclic) bond motifs is 4. The number of carbonyl (C=O) groups excluding carboxylic acids is 1. The number of hydrogen-bond acceptors (Lipinski definition) is 7. The molecule has 1 saturated carbocycles. The first kappa shape index (κ1) is 26.4. The van der Waals surface area contributed by atoms with Gasteiger partial charge in [-0.2, -0.15) is 18.3 Å². The van der Waals surface area contributed by atoms with Gasteiger partial charge < -0.3 is 20.6 Å². The Bertz CT molecular complexity index is 1360. The van der Waals surface area contributed by atoms with E-state index in [0.717, 1.165) is 67.5 Å². The Morgan fingerprint density at radius 1 is 1.10 bits per heavy atom. The minimum Gasteiger partial charge on any atom is -0.475 e. The number of halogens is 3. The number of hydrogen-bond donors (Lipinski definition) is 3. The summed E-state index contributed by atoms with van der Waals surface area (Å²) in [6, 6.07) is 12.4. The van der Waals surface area contributed by atoms with E-state index >= 15 is 0 Å². The number of alkyl halides is 3. The van der Waals surface area contributed by atoms with E-state index in [1.807, 2.05) is 31.2 Å². The van der Waals surface area contributed by atoms with Gasteiger partial charge in [0.2, 0.25) is 0 Å². The predicted octanol–water partition coefficient (Wildman–Crippen LogP) is 3.81. The van der Waals surface area contributed by atoms with Gasteiger partial charge in [-0.15, -0.1) is 5.10 Å². The van der Waals surface area contributed by atoms with Gasteiger partial charge in [0, 0.05) is 25.3 Å². The minimum absolute atomic E-state index is 0.0121. The molecule has 5 heterocycles. The molecular weight excluding hydrogens is 515 g/mol. The van der Waals surface area contributed by atoms with Crippen LogP contribution in [0.15, 0.2) is 42.6 Å². The summed E-state index contributed by atoms with van der Waals surface area (Å²) >= 11 is 0. The van der Waals surface area contributed by atoms with Crippen LogP contribution < -0.4 is 15.5 Å². The van der Waals surface area contributed by atoms with Crippen LogP contribution in [0.25, 0.3) is 5.82 Å². The number of aryl methyl sites for hydroxylation is 1. The molecule has 2 fully saturated rings. The van der Waals surface area contributed by atoms with Crippen molar-refractivity contribution in [3.63, 3.8) is 0 Å². The number of amides is 1. The summed E-state index contributed by atoms with van der Waals surface area (Å²) in [6.45, 7) is 3.66. The molecule has 6 rings (SSSR count). The summed E-state index contributed by atoms with van der Waals surface area (Å²) in [7, 11) is 0. The maximum absolute atomic E-state index is 13.1. The van der Waals surface area contributed by atoms with Crippen LogP contribution in [0.4, 0.5) is 24.7 Å². The van der Waals surface area contributed by atoms with Gasteiger partial charge in [-0.3, -0.25) is 9.36 Å². The Hall–Kier alpha value is -4.16. The number of aliphatic carboxylic acids is 1. The van der Waals surface area contributed by atoms with Crippen LogP contribution in [0.1, 0.15) is 54.0 Å². The molecule has 3 aromatic heterocycles. The highest BCUT2D eigenvalue weighted by molar-refractivity contribution is 5.94. The van der Waals surface area contributed by atoms with Crippen molar-refractivity contribution in [3.8, 4) is 5.82 Å². The standard InChI is InChI=1S/C24H27N7O.C2HF3O2/c1-16-7-10-21(29-28-16)30-14-11-24(12-15-30)20-9-8-19(23(32)26-17-4-2-5-17)31(20)22-18(27-24)6-3-13-25-22;3-2(4,5)1(6)7/h3,6-10,13,17,27H,2,4-5,11-12,14-15H2,1H3,(H,26,32);(H,6,7). The molecule has 3 N–H and O–H groups in total. The minimum atomic E-state index is -5.08. The second-order valence-electron chi connectivity index (χ2n) is 9.95. The first-order valence-corrected chi connectivity index (χ1v) is 12.7. The van der Waals surface area contributed by atoms with Crippen LogP contribution in [0.3, 0.4) is 0 Å². The Kier molecular flexibility index (Phi) is 6.91. The van der Waals surface area contributed by atoms with Gasteiger partial charge in [0.15, 0.2) is 11.6 Å². The lowest BCUT2D eigenvalue weighted by atomic mass is 9.82. The van der Waals surface area contributed by atoms with Crippen molar-refractivity contribution < 1.29 is 27.9 Å². The lowest BCUT2D eigenvalue weighted by Crippen LogP contribution is -2.50. The molecule has 0 bridgehead atoms. The van der Waals surface area contributed by atoms with Gasteiger partial charge in [-0.25, -0.2) is 9.78 Å². The van der Waals surface area contributed by atoms with Gasteiger partial charge in [0.05, 0.1) is 22.6 Å². The third kappa shape index (κ3) is 5.25. The molecule has 1 aliphatic carbocycles. The van der Waals surface area contributed by atoms with Crippen LogP contribution in [0.5, 0.6) is 0 Å². The Balaban J connectivity index is 0.000000392. The van der Waals surface area contributed by atoms with E-state index < -0.39 is 12.1 Å². The van der Waals surface area contributed by atoms with Crippen molar-refractivity contribution in [1.29, 1.82) is 0 Å². The lowest BCUT2D eigenvalue weighted by Gasteiger charge is -2.46. The molecule has 39 heavy (non-hydrogen) atoms. The number of nitrogens with zero attached hydrogens (tertiary/aromatic N) is 5. The van der Waals surface area contributed by atoms with Crippen LogP contribution >= 0.6 is 0 Å². The topological polar surface area (TPSA) is 125 Å². The van der Waals surface area contributed by atoms with Gasteiger partial charge >= 0.3 is 12.1 Å². The summed E-state index contributed by atoms with van der Waals surface area (Å²) in [5.41, 5.74) is 3.42.